The molecule has 0 aliphatic rings. The number of anilines is 3. The first kappa shape index (κ1) is 16.8. The first-order valence-corrected chi connectivity index (χ1v) is 7.78. The number of rotatable bonds is 6. The summed E-state index contributed by atoms with van der Waals surface area (Å²) in [7, 11) is 1.94. The zero-order valence-electron chi connectivity index (χ0n) is 14.0. The molecule has 3 N–H and O–H groups in total. The second-order valence-corrected chi connectivity index (χ2v) is 5.67. The van der Waals surface area contributed by atoms with E-state index >= 15 is 0 Å². The van der Waals surface area contributed by atoms with E-state index in [4.69, 9.17) is 10.2 Å². The summed E-state index contributed by atoms with van der Waals surface area (Å²) in [5, 5.41) is 3.00. The van der Waals surface area contributed by atoms with Crippen molar-refractivity contribution in [1.29, 1.82) is 0 Å². The van der Waals surface area contributed by atoms with Gasteiger partial charge < -0.3 is 15.5 Å². The third-order valence-electron chi connectivity index (χ3n) is 3.81. The van der Waals surface area contributed by atoms with Crippen LogP contribution in [0.1, 0.15) is 24.6 Å². The Morgan fingerprint density at radius 1 is 1.20 bits per heavy atom. The molecule has 0 saturated carbocycles. The predicted molar refractivity (Wildman–Crippen MR) is 92.5 cm³/mol. The normalized spacial score (nSPS) is 12.3. The Labute approximate surface area is 144 Å². The number of hydrogen-bond acceptors (Lipinski definition) is 7. The highest BCUT2D eigenvalue weighted by Crippen LogP contribution is 2.21. The topological polar surface area (TPSA) is 93.1 Å². The van der Waals surface area contributed by atoms with Crippen molar-refractivity contribution in [2.24, 2.45) is 0 Å². The van der Waals surface area contributed by atoms with Crippen LogP contribution >= 0.6 is 0 Å². The van der Waals surface area contributed by atoms with E-state index in [1.807, 2.05) is 31.0 Å². The minimum absolute atomic E-state index is 0.0569. The van der Waals surface area contributed by atoms with Crippen molar-refractivity contribution in [2.45, 2.75) is 19.5 Å². The summed E-state index contributed by atoms with van der Waals surface area (Å²) >= 11 is 0. The van der Waals surface area contributed by atoms with Crippen LogP contribution in [0.15, 0.2) is 47.1 Å². The standard InChI is InChI=1S/C17H19FN6O/c1-11(14-4-3-9-25-14)24(2)10-15-21-16(19)23-17(22-15)20-13-7-5-12(18)6-8-13/h3-9,11H,10H2,1-2H3,(H3,19,20,21,22,23). The number of halogens is 1. The molecule has 1 aromatic carbocycles. The van der Waals surface area contributed by atoms with Crippen molar-refractivity contribution in [3.63, 3.8) is 0 Å². The molecule has 3 rings (SSSR count). The van der Waals surface area contributed by atoms with Gasteiger partial charge in [0.15, 0.2) is 0 Å². The molecule has 7 nitrogen and oxygen atoms in total. The Hall–Kier alpha value is -3.00. The van der Waals surface area contributed by atoms with Crippen LogP contribution in [-0.2, 0) is 6.54 Å². The molecule has 1 unspecified atom stereocenters. The van der Waals surface area contributed by atoms with E-state index in [1.54, 1.807) is 18.4 Å². The number of nitrogens with two attached hydrogens (primary N) is 1. The third kappa shape index (κ3) is 4.30. The van der Waals surface area contributed by atoms with E-state index in [2.05, 4.69) is 20.3 Å². The van der Waals surface area contributed by atoms with Crippen LogP contribution in [0.4, 0.5) is 22.0 Å². The molecule has 2 aromatic heterocycles. The van der Waals surface area contributed by atoms with E-state index < -0.39 is 0 Å². The van der Waals surface area contributed by atoms with Gasteiger partial charge in [-0.25, -0.2) is 4.39 Å². The molecule has 0 saturated heterocycles. The van der Waals surface area contributed by atoms with Crippen LogP contribution in [-0.4, -0.2) is 26.9 Å². The molecule has 0 bridgehead atoms. The molecule has 25 heavy (non-hydrogen) atoms. The SMILES string of the molecule is CC(c1ccco1)N(C)Cc1nc(N)nc(Nc2ccc(F)cc2)n1. The van der Waals surface area contributed by atoms with Crippen LogP contribution in [0.25, 0.3) is 0 Å². The van der Waals surface area contributed by atoms with E-state index in [9.17, 15) is 4.39 Å². The van der Waals surface area contributed by atoms with Crippen molar-refractivity contribution >= 4 is 17.6 Å². The summed E-state index contributed by atoms with van der Waals surface area (Å²) in [6.07, 6.45) is 1.64. The van der Waals surface area contributed by atoms with Crippen molar-refractivity contribution in [3.05, 3.63) is 60.1 Å². The number of nitrogen functional groups attached to an aromatic ring is 1. The van der Waals surface area contributed by atoms with Gasteiger partial charge in [0.25, 0.3) is 0 Å². The minimum Gasteiger partial charge on any atom is -0.468 e. The maximum atomic E-state index is 13.0. The molecule has 0 radical (unpaired) electrons. The lowest BCUT2D eigenvalue weighted by atomic mass is 10.2. The van der Waals surface area contributed by atoms with E-state index in [1.165, 1.54) is 12.1 Å². The van der Waals surface area contributed by atoms with Crippen LogP contribution in [0.5, 0.6) is 0 Å². The average molecular weight is 342 g/mol. The molecule has 0 aliphatic carbocycles. The van der Waals surface area contributed by atoms with Crippen molar-refractivity contribution in [2.75, 3.05) is 18.1 Å². The van der Waals surface area contributed by atoms with E-state index in [0.717, 1.165) is 5.76 Å². The fourth-order valence-electron chi connectivity index (χ4n) is 2.33. The lowest BCUT2D eigenvalue weighted by Crippen LogP contribution is -2.23. The fraction of sp³-hybridized carbons (Fsp3) is 0.235. The zero-order chi connectivity index (χ0) is 17.8. The quantitative estimate of drug-likeness (QED) is 0.711. The van der Waals surface area contributed by atoms with Crippen LogP contribution in [0.3, 0.4) is 0 Å². The summed E-state index contributed by atoms with van der Waals surface area (Å²) in [6.45, 7) is 2.49. The molecule has 3 aromatic rings. The first-order valence-electron chi connectivity index (χ1n) is 7.78. The van der Waals surface area contributed by atoms with Crippen molar-refractivity contribution in [3.8, 4) is 0 Å². The Kier molecular flexibility index (Phi) is 4.90. The van der Waals surface area contributed by atoms with Gasteiger partial charge in [-0.15, -0.1) is 0 Å². The summed E-state index contributed by atoms with van der Waals surface area (Å²) in [4.78, 5) is 14.7. The number of aromatic nitrogens is 3. The van der Waals surface area contributed by atoms with Gasteiger partial charge in [0, 0.05) is 5.69 Å². The van der Waals surface area contributed by atoms with Gasteiger partial charge in [0.2, 0.25) is 11.9 Å². The summed E-state index contributed by atoms with van der Waals surface area (Å²) < 4.78 is 18.4. The van der Waals surface area contributed by atoms with Gasteiger partial charge in [0.1, 0.15) is 17.4 Å². The van der Waals surface area contributed by atoms with Crippen molar-refractivity contribution < 1.29 is 8.81 Å². The number of benzene rings is 1. The molecule has 0 amide bonds. The van der Waals surface area contributed by atoms with E-state index in [-0.39, 0.29) is 17.8 Å². The maximum Gasteiger partial charge on any atom is 0.232 e. The Morgan fingerprint density at radius 3 is 2.64 bits per heavy atom. The van der Waals surface area contributed by atoms with Crippen molar-refractivity contribution in [1.82, 2.24) is 19.9 Å². The average Bonchev–Trinajstić information content (AvgIpc) is 3.10. The number of nitrogens with one attached hydrogen (secondary N) is 1. The van der Waals surface area contributed by atoms with Crippen LogP contribution in [0, 0.1) is 5.82 Å². The molecule has 0 fully saturated rings. The molecule has 0 aliphatic heterocycles. The highest BCUT2D eigenvalue weighted by molar-refractivity contribution is 5.53. The fourth-order valence-corrected chi connectivity index (χ4v) is 2.33. The second kappa shape index (κ2) is 7.27. The summed E-state index contributed by atoms with van der Waals surface area (Å²) in [6, 6.07) is 9.73. The lowest BCUT2D eigenvalue weighted by Gasteiger charge is -2.22. The third-order valence-corrected chi connectivity index (χ3v) is 3.81. The van der Waals surface area contributed by atoms with Gasteiger partial charge in [-0.05, 0) is 50.4 Å². The Bertz CT molecular complexity index is 822. The minimum atomic E-state index is -0.310. The highest BCUT2D eigenvalue weighted by Gasteiger charge is 2.16. The van der Waals surface area contributed by atoms with Gasteiger partial charge in [-0.1, -0.05) is 0 Å². The van der Waals surface area contributed by atoms with E-state index in [0.29, 0.717) is 24.0 Å². The number of furan rings is 1. The molecule has 130 valence electrons. The number of nitrogens with zero attached hydrogens (tertiary/aromatic N) is 4. The molecule has 1 atom stereocenters. The van der Waals surface area contributed by atoms with Gasteiger partial charge >= 0.3 is 0 Å². The summed E-state index contributed by atoms with van der Waals surface area (Å²) in [5.74, 6) is 1.50. The lowest BCUT2D eigenvalue weighted by molar-refractivity contribution is 0.218. The van der Waals surface area contributed by atoms with Gasteiger partial charge in [-0.2, -0.15) is 15.0 Å². The first-order chi connectivity index (χ1) is 12.0. The van der Waals surface area contributed by atoms with Gasteiger partial charge in [-0.3, -0.25) is 4.90 Å². The number of hydrogen-bond donors (Lipinski definition) is 2. The molecule has 8 heteroatoms. The monoisotopic (exact) mass is 342 g/mol. The predicted octanol–water partition coefficient (Wildman–Crippen LogP) is 3.12. The second-order valence-electron chi connectivity index (χ2n) is 5.67. The zero-order valence-corrected chi connectivity index (χ0v) is 14.0. The molecular formula is C17H19FN6O. The van der Waals surface area contributed by atoms with Gasteiger partial charge in [0.05, 0.1) is 18.8 Å². The highest BCUT2D eigenvalue weighted by atomic mass is 19.1. The summed E-state index contributed by atoms with van der Waals surface area (Å²) in [5.41, 5.74) is 6.45. The smallest absolute Gasteiger partial charge is 0.232 e. The molecule has 2 heterocycles. The molecule has 0 spiro atoms. The van der Waals surface area contributed by atoms with Crippen LogP contribution < -0.4 is 11.1 Å². The van der Waals surface area contributed by atoms with Crippen LogP contribution in [0.2, 0.25) is 0 Å². The maximum absolute atomic E-state index is 13.0. The molecular weight excluding hydrogens is 323 g/mol. The Morgan fingerprint density at radius 2 is 1.96 bits per heavy atom. The largest absolute Gasteiger partial charge is 0.468 e. The Balaban J connectivity index is 1.73.